The fourth-order valence-electron chi connectivity index (χ4n) is 4.68. The van der Waals surface area contributed by atoms with Gasteiger partial charge in [-0.25, -0.2) is 4.39 Å². The smallest absolute Gasteiger partial charge is 0.253 e. The predicted octanol–water partition coefficient (Wildman–Crippen LogP) is 3.63. The van der Waals surface area contributed by atoms with Crippen LogP contribution >= 0.6 is 0 Å². The van der Waals surface area contributed by atoms with Crippen molar-refractivity contribution in [2.24, 2.45) is 5.92 Å². The number of hydrogen-bond donors (Lipinski definition) is 1. The van der Waals surface area contributed by atoms with Gasteiger partial charge in [-0.1, -0.05) is 30.3 Å². The Kier molecular flexibility index (Phi) is 6.97. The fourth-order valence-corrected chi connectivity index (χ4v) is 4.68. The maximum atomic E-state index is 13.2. The first-order chi connectivity index (χ1) is 15.1. The summed E-state index contributed by atoms with van der Waals surface area (Å²) in [7, 11) is 0. The van der Waals surface area contributed by atoms with Crippen molar-refractivity contribution in [3.63, 3.8) is 0 Å². The Bertz CT molecular complexity index is 881. The number of halogens is 1. The van der Waals surface area contributed by atoms with E-state index in [2.05, 4.69) is 22.3 Å². The zero-order valence-electron chi connectivity index (χ0n) is 17.8. The minimum Gasteiger partial charge on any atom is -0.354 e. The van der Waals surface area contributed by atoms with E-state index in [1.807, 2.05) is 18.2 Å². The van der Waals surface area contributed by atoms with Crippen LogP contribution in [0.3, 0.4) is 0 Å². The zero-order chi connectivity index (χ0) is 21.6. The lowest BCUT2D eigenvalue weighted by molar-refractivity contribution is -0.126. The van der Waals surface area contributed by atoms with Crippen LogP contribution in [0.25, 0.3) is 0 Å². The number of nitrogens with zero attached hydrogens (tertiary/aromatic N) is 2. The quantitative estimate of drug-likeness (QED) is 0.772. The molecule has 164 valence electrons. The molecule has 2 aromatic carbocycles. The van der Waals surface area contributed by atoms with Crippen molar-refractivity contribution in [3.8, 4) is 0 Å². The second kappa shape index (κ2) is 10.1. The number of likely N-dealkylation sites (tertiary alicyclic amines) is 2. The van der Waals surface area contributed by atoms with Crippen LogP contribution in [0.1, 0.15) is 47.6 Å². The van der Waals surface area contributed by atoms with Gasteiger partial charge in [0.1, 0.15) is 5.82 Å². The molecule has 0 aliphatic carbocycles. The third kappa shape index (κ3) is 5.31. The van der Waals surface area contributed by atoms with Gasteiger partial charge >= 0.3 is 0 Å². The molecule has 1 N–H and O–H groups in total. The van der Waals surface area contributed by atoms with E-state index in [9.17, 15) is 14.0 Å². The zero-order valence-corrected chi connectivity index (χ0v) is 17.8. The molecular formula is C25H30FN3O2. The number of carbonyl (C=O) groups excluding carboxylic acids is 2. The van der Waals surface area contributed by atoms with Gasteiger partial charge in [-0.2, -0.15) is 0 Å². The maximum absolute atomic E-state index is 13.2. The highest BCUT2D eigenvalue weighted by molar-refractivity contribution is 5.94. The SMILES string of the molecule is O=C(NC[C@@H](c1ccccc1)N1CCCC1)[C@H]1CCCN(C(=O)c2ccc(F)cc2)C1. The molecule has 6 heteroatoms. The summed E-state index contributed by atoms with van der Waals surface area (Å²) in [6, 6.07) is 16.1. The van der Waals surface area contributed by atoms with Crippen molar-refractivity contribution in [2.75, 3.05) is 32.7 Å². The van der Waals surface area contributed by atoms with Crippen LogP contribution in [0, 0.1) is 11.7 Å². The van der Waals surface area contributed by atoms with Gasteiger partial charge in [0.15, 0.2) is 0 Å². The van der Waals surface area contributed by atoms with Crippen LogP contribution in [0.2, 0.25) is 0 Å². The van der Waals surface area contributed by atoms with Crippen molar-refractivity contribution >= 4 is 11.8 Å². The highest BCUT2D eigenvalue weighted by Crippen LogP contribution is 2.25. The first-order valence-electron chi connectivity index (χ1n) is 11.2. The lowest BCUT2D eigenvalue weighted by Crippen LogP contribution is -2.47. The molecule has 0 saturated carbocycles. The minimum absolute atomic E-state index is 0.0109. The number of rotatable bonds is 6. The molecule has 5 nitrogen and oxygen atoms in total. The van der Waals surface area contributed by atoms with Gasteiger partial charge in [0.05, 0.1) is 12.0 Å². The summed E-state index contributed by atoms with van der Waals surface area (Å²) >= 11 is 0. The number of carbonyl (C=O) groups is 2. The van der Waals surface area contributed by atoms with Gasteiger partial charge in [0.2, 0.25) is 5.91 Å². The molecule has 2 amide bonds. The molecule has 0 bridgehead atoms. The molecule has 2 aliphatic rings. The van der Waals surface area contributed by atoms with Crippen LogP contribution in [0.5, 0.6) is 0 Å². The third-order valence-corrected chi connectivity index (χ3v) is 6.41. The Balaban J connectivity index is 1.37. The normalized spacial score (nSPS) is 20.4. The van der Waals surface area contributed by atoms with E-state index >= 15 is 0 Å². The topological polar surface area (TPSA) is 52.7 Å². The van der Waals surface area contributed by atoms with Gasteiger partial charge in [0, 0.05) is 25.2 Å². The van der Waals surface area contributed by atoms with Crippen LogP contribution in [0.4, 0.5) is 4.39 Å². The summed E-state index contributed by atoms with van der Waals surface area (Å²) < 4.78 is 13.2. The summed E-state index contributed by atoms with van der Waals surface area (Å²) in [5, 5.41) is 3.17. The number of piperidine rings is 1. The Morgan fingerprint density at radius 1 is 0.968 bits per heavy atom. The van der Waals surface area contributed by atoms with E-state index in [0.29, 0.717) is 25.2 Å². The second-order valence-corrected chi connectivity index (χ2v) is 8.51. The molecule has 4 rings (SSSR count). The highest BCUT2D eigenvalue weighted by atomic mass is 19.1. The van der Waals surface area contributed by atoms with Crippen LogP contribution in [0.15, 0.2) is 54.6 Å². The second-order valence-electron chi connectivity index (χ2n) is 8.51. The van der Waals surface area contributed by atoms with Crippen molar-refractivity contribution in [2.45, 2.75) is 31.7 Å². The molecular weight excluding hydrogens is 393 g/mol. The Morgan fingerprint density at radius 3 is 2.39 bits per heavy atom. The largest absolute Gasteiger partial charge is 0.354 e. The molecule has 0 aromatic heterocycles. The third-order valence-electron chi connectivity index (χ3n) is 6.41. The molecule has 2 fully saturated rings. The first kappa shape index (κ1) is 21.5. The van der Waals surface area contributed by atoms with Crippen LogP contribution in [-0.4, -0.2) is 54.3 Å². The van der Waals surface area contributed by atoms with Crippen molar-refractivity contribution < 1.29 is 14.0 Å². The van der Waals surface area contributed by atoms with Gasteiger partial charge in [-0.3, -0.25) is 14.5 Å². The summed E-state index contributed by atoms with van der Waals surface area (Å²) in [4.78, 5) is 29.9. The predicted molar refractivity (Wildman–Crippen MR) is 118 cm³/mol. The first-order valence-corrected chi connectivity index (χ1v) is 11.2. The summed E-state index contributed by atoms with van der Waals surface area (Å²) in [5.74, 6) is -0.708. The average molecular weight is 424 g/mol. The molecule has 0 unspecified atom stereocenters. The molecule has 2 heterocycles. The molecule has 2 atom stereocenters. The van der Waals surface area contributed by atoms with Gasteiger partial charge < -0.3 is 10.2 Å². The van der Waals surface area contributed by atoms with Gasteiger partial charge in [-0.15, -0.1) is 0 Å². The molecule has 0 radical (unpaired) electrons. The van der Waals surface area contributed by atoms with E-state index in [-0.39, 0.29) is 29.6 Å². The fraction of sp³-hybridized carbons (Fsp3) is 0.440. The highest BCUT2D eigenvalue weighted by Gasteiger charge is 2.30. The van der Waals surface area contributed by atoms with Gasteiger partial charge in [-0.05, 0) is 68.6 Å². The Hall–Kier alpha value is -2.73. The maximum Gasteiger partial charge on any atom is 0.253 e. The molecule has 2 aromatic rings. The van der Waals surface area contributed by atoms with Crippen LogP contribution in [-0.2, 0) is 4.79 Å². The van der Waals surface area contributed by atoms with Crippen molar-refractivity contribution in [1.29, 1.82) is 0 Å². The molecule has 2 saturated heterocycles. The lowest BCUT2D eigenvalue weighted by atomic mass is 9.96. The minimum atomic E-state index is -0.363. The van der Waals surface area contributed by atoms with E-state index in [0.717, 1.165) is 25.9 Å². The molecule has 0 spiro atoms. The summed E-state index contributed by atoms with van der Waals surface area (Å²) in [5.41, 5.74) is 1.68. The number of hydrogen-bond acceptors (Lipinski definition) is 3. The number of benzene rings is 2. The van der Waals surface area contributed by atoms with Gasteiger partial charge in [0.25, 0.3) is 5.91 Å². The van der Waals surface area contributed by atoms with E-state index in [4.69, 9.17) is 0 Å². The van der Waals surface area contributed by atoms with Crippen molar-refractivity contribution in [3.05, 3.63) is 71.5 Å². The molecule has 31 heavy (non-hydrogen) atoms. The van der Waals surface area contributed by atoms with E-state index in [1.54, 1.807) is 4.90 Å². The summed E-state index contributed by atoms with van der Waals surface area (Å²) in [6.07, 6.45) is 3.96. The Labute approximate surface area is 183 Å². The van der Waals surface area contributed by atoms with Crippen molar-refractivity contribution in [1.82, 2.24) is 15.1 Å². The van der Waals surface area contributed by atoms with Crippen LogP contribution < -0.4 is 5.32 Å². The Morgan fingerprint density at radius 2 is 1.68 bits per heavy atom. The van der Waals surface area contributed by atoms with E-state index in [1.165, 1.54) is 42.7 Å². The summed E-state index contributed by atoms with van der Waals surface area (Å²) in [6.45, 7) is 3.71. The standard InChI is InChI=1S/C25H30FN3O2/c26-22-12-10-20(11-13-22)25(31)29-16-6-9-21(18-29)24(30)27-17-23(28-14-4-5-15-28)19-7-2-1-3-8-19/h1-3,7-8,10-13,21,23H,4-6,9,14-18H2,(H,27,30)/t21-,23-/m0/s1. The van der Waals surface area contributed by atoms with E-state index < -0.39 is 0 Å². The average Bonchev–Trinajstić information content (AvgIpc) is 3.34. The number of amides is 2. The monoisotopic (exact) mass is 423 g/mol. The lowest BCUT2D eigenvalue weighted by Gasteiger charge is -2.33. The molecule has 2 aliphatic heterocycles. The number of nitrogens with one attached hydrogen (secondary N) is 1.